The van der Waals surface area contributed by atoms with Crippen LogP contribution in [0.1, 0.15) is 33.6 Å². The van der Waals surface area contributed by atoms with Crippen LogP contribution in [0.3, 0.4) is 0 Å². The van der Waals surface area contributed by atoms with Gasteiger partial charge in [0.2, 0.25) is 10.0 Å². The average molecular weight is 260 g/mol. The van der Waals surface area contributed by atoms with E-state index in [0.717, 1.165) is 19.4 Å². The molecule has 5 heteroatoms. The Morgan fingerprint density at radius 2 is 2.12 bits per heavy atom. The number of nitrogens with one attached hydrogen (secondary N) is 1. The van der Waals surface area contributed by atoms with Crippen molar-refractivity contribution >= 4 is 10.0 Å². The molecule has 17 heavy (non-hydrogen) atoms. The van der Waals surface area contributed by atoms with Gasteiger partial charge in [0.1, 0.15) is 0 Å². The summed E-state index contributed by atoms with van der Waals surface area (Å²) in [5.41, 5.74) is -0.397. The van der Waals surface area contributed by atoms with E-state index >= 15 is 0 Å². The Morgan fingerprint density at radius 3 is 2.53 bits per heavy atom. The van der Waals surface area contributed by atoms with Gasteiger partial charge in [0.25, 0.3) is 0 Å². The first-order valence-corrected chi connectivity index (χ1v) is 7.73. The summed E-state index contributed by atoms with van der Waals surface area (Å²) in [6.45, 7) is 10.7. The number of rotatable bonds is 5. The van der Waals surface area contributed by atoms with Gasteiger partial charge >= 0.3 is 0 Å². The van der Waals surface area contributed by atoms with E-state index in [4.69, 9.17) is 0 Å². The topological polar surface area (TPSA) is 49.4 Å². The summed E-state index contributed by atoms with van der Waals surface area (Å²) in [6, 6.07) is 0.106. The summed E-state index contributed by atoms with van der Waals surface area (Å²) in [7, 11) is -3.23. The molecule has 0 saturated carbocycles. The van der Waals surface area contributed by atoms with Crippen molar-refractivity contribution in [1.82, 2.24) is 9.62 Å². The lowest BCUT2D eigenvalue weighted by molar-refractivity contribution is 0.269. The number of sulfonamides is 1. The van der Waals surface area contributed by atoms with Crippen LogP contribution < -0.4 is 5.32 Å². The zero-order valence-electron chi connectivity index (χ0n) is 11.1. The van der Waals surface area contributed by atoms with Crippen LogP contribution in [0.4, 0.5) is 0 Å². The third kappa shape index (κ3) is 4.08. The van der Waals surface area contributed by atoms with Crippen LogP contribution in [0.5, 0.6) is 0 Å². The predicted octanol–water partition coefficient (Wildman–Crippen LogP) is 1.35. The second-order valence-electron chi connectivity index (χ2n) is 5.56. The van der Waals surface area contributed by atoms with Gasteiger partial charge in [0, 0.05) is 18.1 Å². The van der Waals surface area contributed by atoms with E-state index in [1.54, 1.807) is 6.08 Å². The summed E-state index contributed by atoms with van der Waals surface area (Å²) in [5.74, 6) is 0.193. The Bertz CT molecular complexity index is 351. The largest absolute Gasteiger partial charge is 0.313 e. The van der Waals surface area contributed by atoms with E-state index in [9.17, 15) is 8.42 Å². The minimum absolute atomic E-state index is 0.106. The molecule has 1 aliphatic rings. The van der Waals surface area contributed by atoms with E-state index in [1.807, 2.05) is 20.8 Å². The summed E-state index contributed by atoms with van der Waals surface area (Å²) in [5, 5.41) is 3.23. The van der Waals surface area contributed by atoms with Crippen molar-refractivity contribution in [2.75, 3.05) is 18.8 Å². The van der Waals surface area contributed by atoms with Gasteiger partial charge in [-0.1, -0.05) is 6.08 Å². The highest BCUT2D eigenvalue weighted by molar-refractivity contribution is 7.89. The lowest BCUT2D eigenvalue weighted by atomic mass is 10.1. The van der Waals surface area contributed by atoms with Gasteiger partial charge in [-0.2, -0.15) is 4.31 Å². The maximum Gasteiger partial charge on any atom is 0.216 e. The van der Waals surface area contributed by atoms with Crippen LogP contribution in [0.2, 0.25) is 0 Å². The molecule has 0 aromatic carbocycles. The third-order valence-corrected chi connectivity index (χ3v) is 5.15. The van der Waals surface area contributed by atoms with Gasteiger partial charge in [-0.25, -0.2) is 8.42 Å². The Balaban J connectivity index is 2.80. The van der Waals surface area contributed by atoms with Crippen LogP contribution in [-0.2, 0) is 10.0 Å². The Morgan fingerprint density at radius 1 is 1.47 bits per heavy atom. The maximum absolute atomic E-state index is 12.4. The molecule has 0 spiro atoms. The molecule has 1 aliphatic heterocycles. The minimum Gasteiger partial charge on any atom is -0.313 e. The molecule has 0 amide bonds. The monoisotopic (exact) mass is 260 g/mol. The fraction of sp³-hybridized carbons (Fsp3) is 0.833. The molecule has 1 saturated heterocycles. The van der Waals surface area contributed by atoms with Crippen LogP contribution in [0.15, 0.2) is 12.7 Å². The van der Waals surface area contributed by atoms with Gasteiger partial charge in [-0.05, 0) is 40.2 Å². The molecule has 4 nitrogen and oxygen atoms in total. The normalized spacial score (nSPS) is 22.0. The quantitative estimate of drug-likeness (QED) is 0.759. The lowest BCUT2D eigenvalue weighted by Crippen LogP contribution is -2.49. The summed E-state index contributed by atoms with van der Waals surface area (Å²) >= 11 is 0. The molecule has 1 atom stereocenters. The van der Waals surface area contributed by atoms with Crippen molar-refractivity contribution in [3.8, 4) is 0 Å². The lowest BCUT2D eigenvalue weighted by Gasteiger charge is -2.34. The molecule has 0 aromatic rings. The van der Waals surface area contributed by atoms with E-state index in [0.29, 0.717) is 6.54 Å². The average Bonchev–Trinajstić information content (AvgIpc) is 2.63. The summed E-state index contributed by atoms with van der Waals surface area (Å²) < 4.78 is 26.3. The molecular formula is C12H24N2O2S. The van der Waals surface area contributed by atoms with Crippen molar-refractivity contribution < 1.29 is 8.42 Å². The van der Waals surface area contributed by atoms with E-state index in [2.05, 4.69) is 11.9 Å². The Kier molecular flexibility index (Phi) is 4.75. The third-order valence-electron chi connectivity index (χ3n) is 2.95. The van der Waals surface area contributed by atoms with Crippen LogP contribution in [-0.4, -0.2) is 43.1 Å². The van der Waals surface area contributed by atoms with Gasteiger partial charge < -0.3 is 5.32 Å². The molecule has 0 radical (unpaired) electrons. The molecule has 1 fully saturated rings. The highest BCUT2D eigenvalue weighted by Crippen LogP contribution is 2.20. The van der Waals surface area contributed by atoms with Gasteiger partial charge in [-0.15, -0.1) is 6.58 Å². The summed E-state index contributed by atoms with van der Waals surface area (Å²) in [6.07, 6.45) is 3.66. The zero-order chi connectivity index (χ0) is 13.1. The van der Waals surface area contributed by atoms with Crippen molar-refractivity contribution in [3.05, 3.63) is 12.7 Å². The van der Waals surface area contributed by atoms with Crippen molar-refractivity contribution in [2.24, 2.45) is 0 Å². The van der Waals surface area contributed by atoms with Gasteiger partial charge in [0.05, 0.1) is 5.75 Å². The van der Waals surface area contributed by atoms with Crippen molar-refractivity contribution in [1.29, 1.82) is 0 Å². The first-order valence-electron chi connectivity index (χ1n) is 6.12. The fourth-order valence-corrected chi connectivity index (χ4v) is 4.31. The molecule has 1 unspecified atom stereocenters. The predicted molar refractivity (Wildman–Crippen MR) is 71.5 cm³/mol. The standard InChI is InChI=1S/C12H24N2O2S/c1-5-9-14(12(2,3)4)17(15,16)10-11-7-6-8-13-11/h5,11,13H,1,6-10H2,2-4H3. The molecule has 0 aromatic heterocycles. The highest BCUT2D eigenvalue weighted by atomic mass is 32.2. The molecule has 0 bridgehead atoms. The van der Waals surface area contributed by atoms with Crippen LogP contribution in [0.25, 0.3) is 0 Å². The second-order valence-corrected chi connectivity index (χ2v) is 7.50. The Hall–Kier alpha value is -0.390. The van der Waals surface area contributed by atoms with E-state index in [1.165, 1.54) is 4.31 Å². The SMILES string of the molecule is C=CCN(C(C)(C)C)S(=O)(=O)CC1CCCN1. The first kappa shape index (κ1) is 14.7. The van der Waals surface area contributed by atoms with Crippen molar-refractivity contribution in [2.45, 2.75) is 45.2 Å². The molecule has 100 valence electrons. The smallest absolute Gasteiger partial charge is 0.216 e. The molecule has 1 heterocycles. The molecular weight excluding hydrogens is 236 g/mol. The first-order chi connectivity index (χ1) is 7.77. The van der Waals surface area contributed by atoms with Crippen LogP contribution in [0, 0.1) is 0 Å². The minimum atomic E-state index is -3.23. The van der Waals surface area contributed by atoms with E-state index in [-0.39, 0.29) is 11.8 Å². The van der Waals surface area contributed by atoms with Gasteiger partial charge in [0.15, 0.2) is 0 Å². The van der Waals surface area contributed by atoms with E-state index < -0.39 is 15.6 Å². The van der Waals surface area contributed by atoms with Gasteiger partial charge in [-0.3, -0.25) is 0 Å². The second kappa shape index (κ2) is 5.50. The molecule has 0 aliphatic carbocycles. The molecule has 1 N–H and O–H groups in total. The number of hydrogen-bond donors (Lipinski definition) is 1. The number of nitrogens with zero attached hydrogens (tertiary/aromatic N) is 1. The summed E-state index contributed by atoms with van der Waals surface area (Å²) in [4.78, 5) is 0. The molecule has 1 rings (SSSR count). The van der Waals surface area contributed by atoms with Crippen molar-refractivity contribution in [3.63, 3.8) is 0 Å². The fourth-order valence-electron chi connectivity index (χ4n) is 2.17. The van der Waals surface area contributed by atoms with Crippen LogP contribution >= 0.6 is 0 Å². The zero-order valence-corrected chi connectivity index (χ0v) is 11.9. The highest BCUT2D eigenvalue weighted by Gasteiger charge is 2.34. The maximum atomic E-state index is 12.4. The Labute approximate surface area is 105 Å². The number of hydrogen-bond acceptors (Lipinski definition) is 3.